The summed E-state index contributed by atoms with van der Waals surface area (Å²) in [6, 6.07) is 0. The smallest absolute Gasteiger partial charge is 0.160 e. The molecule has 2 aromatic heterocycles. The Labute approximate surface area is 85.5 Å². The predicted octanol–water partition coefficient (Wildman–Crippen LogP) is 1.51. The molecule has 4 nitrogen and oxygen atoms in total. The number of aromatic nitrogens is 3. The molecule has 0 saturated heterocycles. The van der Waals surface area contributed by atoms with Crippen molar-refractivity contribution in [1.82, 2.24) is 14.4 Å². The maximum Gasteiger partial charge on any atom is 0.160 e. The number of nitrogens with zero attached hydrogens (tertiary/aromatic N) is 3. The van der Waals surface area contributed by atoms with Crippen molar-refractivity contribution in [2.75, 3.05) is 0 Å². The highest BCUT2D eigenvalue weighted by atomic mass is 35.5. The molecule has 0 aliphatic rings. The van der Waals surface area contributed by atoms with Gasteiger partial charge in [-0.05, 0) is 6.92 Å². The third-order valence-electron chi connectivity index (χ3n) is 1.87. The third-order valence-corrected chi connectivity index (χ3v) is 2.15. The number of carbonyl (C=O) groups is 1. The minimum absolute atomic E-state index is 0.0599. The second kappa shape index (κ2) is 3.38. The van der Waals surface area contributed by atoms with E-state index in [0.29, 0.717) is 16.5 Å². The number of ketones is 1. The van der Waals surface area contributed by atoms with Crippen molar-refractivity contribution >= 4 is 23.0 Å². The molecule has 0 saturated carbocycles. The first-order valence-electron chi connectivity index (χ1n) is 4.14. The molecule has 2 rings (SSSR count). The number of Topliss-reactive ketones (excluding diaryl/α,β-unsaturated/α-hetero) is 1. The molecule has 14 heavy (non-hydrogen) atoms. The first-order chi connectivity index (χ1) is 6.68. The molecule has 0 aromatic carbocycles. The lowest BCUT2D eigenvalue weighted by atomic mass is 10.2. The number of halogens is 1. The van der Waals surface area contributed by atoms with Crippen molar-refractivity contribution in [1.29, 1.82) is 0 Å². The molecule has 2 aromatic rings. The fourth-order valence-corrected chi connectivity index (χ4v) is 1.49. The van der Waals surface area contributed by atoms with E-state index in [1.54, 1.807) is 23.0 Å². The highest BCUT2D eigenvalue weighted by Crippen LogP contribution is 2.14. The van der Waals surface area contributed by atoms with Crippen molar-refractivity contribution in [3.63, 3.8) is 0 Å². The lowest BCUT2D eigenvalue weighted by Gasteiger charge is -1.99. The van der Waals surface area contributed by atoms with Gasteiger partial charge in [0.05, 0.1) is 18.3 Å². The largest absolute Gasteiger partial charge is 0.300 e. The van der Waals surface area contributed by atoms with E-state index in [0.717, 1.165) is 0 Å². The Kier molecular flexibility index (Phi) is 2.21. The van der Waals surface area contributed by atoms with Crippen LogP contribution in [0.4, 0.5) is 0 Å². The lowest BCUT2D eigenvalue weighted by molar-refractivity contribution is -0.116. The molecule has 2 heterocycles. The van der Waals surface area contributed by atoms with E-state index >= 15 is 0 Å². The SMILES string of the molecule is CC(=O)Cc1nccn2c(Cl)cnc12. The van der Waals surface area contributed by atoms with Crippen LogP contribution in [0.2, 0.25) is 5.15 Å². The van der Waals surface area contributed by atoms with Gasteiger partial charge in [-0.15, -0.1) is 0 Å². The van der Waals surface area contributed by atoms with Gasteiger partial charge in [0.2, 0.25) is 0 Å². The summed E-state index contributed by atoms with van der Waals surface area (Å²) in [5, 5.41) is 0.521. The van der Waals surface area contributed by atoms with Gasteiger partial charge in [-0.25, -0.2) is 4.98 Å². The van der Waals surface area contributed by atoms with Crippen LogP contribution in [0.1, 0.15) is 12.6 Å². The minimum Gasteiger partial charge on any atom is -0.300 e. The van der Waals surface area contributed by atoms with Crippen molar-refractivity contribution in [3.05, 3.63) is 29.4 Å². The Balaban J connectivity index is 2.59. The molecule has 0 radical (unpaired) electrons. The summed E-state index contributed by atoms with van der Waals surface area (Å²) >= 11 is 5.87. The molecule has 0 spiro atoms. The zero-order valence-corrected chi connectivity index (χ0v) is 8.32. The summed E-state index contributed by atoms with van der Waals surface area (Å²) in [6.07, 6.45) is 5.16. The summed E-state index contributed by atoms with van der Waals surface area (Å²) < 4.78 is 1.70. The standard InChI is InChI=1S/C9H8ClN3O/c1-6(14)4-7-9-12-5-8(10)13(9)3-2-11-7/h2-3,5H,4H2,1H3. The van der Waals surface area contributed by atoms with Gasteiger partial charge in [-0.2, -0.15) is 0 Å². The monoisotopic (exact) mass is 209 g/mol. The van der Waals surface area contributed by atoms with E-state index in [1.165, 1.54) is 6.92 Å². The van der Waals surface area contributed by atoms with Crippen molar-refractivity contribution in [2.24, 2.45) is 0 Å². The van der Waals surface area contributed by atoms with Crippen LogP contribution in [0.25, 0.3) is 5.65 Å². The second-order valence-corrected chi connectivity index (χ2v) is 3.41. The third kappa shape index (κ3) is 1.48. The van der Waals surface area contributed by atoms with Gasteiger partial charge >= 0.3 is 0 Å². The average molecular weight is 210 g/mol. The summed E-state index contributed by atoms with van der Waals surface area (Å²) in [6.45, 7) is 1.52. The fourth-order valence-electron chi connectivity index (χ4n) is 1.30. The first-order valence-corrected chi connectivity index (χ1v) is 4.52. The molecule has 0 atom stereocenters. The molecule has 0 N–H and O–H groups in total. The summed E-state index contributed by atoms with van der Waals surface area (Å²) in [7, 11) is 0. The van der Waals surface area contributed by atoms with Crippen LogP contribution in [0.3, 0.4) is 0 Å². The molecule has 5 heteroatoms. The molecular weight excluding hydrogens is 202 g/mol. The zero-order valence-electron chi connectivity index (χ0n) is 7.57. The Morgan fingerprint density at radius 2 is 2.36 bits per heavy atom. The van der Waals surface area contributed by atoms with Crippen LogP contribution in [0, 0.1) is 0 Å². The second-order valence-electron chi connectivity index (χ2n) is 3.03. The number of hydrogen-bond donors (Lipinski definition) is 0. The highest BCUT2D eigenvalue weighted by molar-refractivity contribution is 6.29. The Morgan fingerprint density at radius 3 is 3.07 bits per heavy atom. The number of imidazole rings is 1. The molecule has 0 unspecified atom stereocenters. The van der Waals surface area contributed by atoms with Crippen molar-refractivity contribution in [2.45, 2.75) is 13.3 Å². The van der Waals surface area contributed by atoms with Crippen LogP contribution in [0.15, 0.2) is 18.6 Å². The number of carbonyl (C=O) groups excluding carboxylic acids is 1. The quantitative estimate of drug-likeness (QED) is 0.754. The van der Waals surface area contributed by atoms with Gasteiger partial charge in [-0.3, -0.25) is 14.2 Å². The molecule has 0 amide bonds. The highest BCUT2D eigenvalue weighted by Gasteiger charge is 2.08. The fraction of sp³-hybridized carbons (Fsp3) is 0.222. The van der Waals surface area contributed by atoms with Crippen LogP contribution in [-0.4, -0.2) is 20.2 Å². The number of fused-ring (bicyclic) bond motifs is 1. The van der Waals surface area contributed by atoms with E-state index < -0.39 is 0 Å². The molecule has 0 fully saturated rings. The van der Waals surface area contributed by atoms with Gasteiger partial charge in [0.15, 0.2) is 5.65 Å². The number of rotatable bonds is 2. The summed E-state index contributed by atoms with van der Waals surface area (Å²) in [5.41, 5.74) is 1.31. The molecule has 0 aliphatic heterocycles. The summed E-state index contributed by atoms with van der Waals surface area (Å²) in [5.74, 6) is 0.0599. The Hall–Kier alpha value is -1.42. The Morgan fingerprint density at radius 1 is 1.57 bits per heavy atom. The topological polar surface area (TPSA) is 47.3 Å². The van der Waals surface area contributed by atoms with Crippen molar-refractivity contribution in [3.8, 4) is 0 Å². The van der Waals surface area contributed by atoms with E-state index in [2.05, 4.69) is 9.97 Å². The Bertz CT molecular complexity index is 492. The zero-order chi connectivity index (χ0) is 10.1. The molecule has 72 valence electrons. The lowest BCUT2D eigenvalue weighted by Crippen LogP contribution is -2.02. The maximum atomic E-state index is 11.0. The van der Waals surface area contributed by atoms with E-state index in [4.69, 9.17) is 11.6 Å². The normalized spacial score (nSPS) is 10.7. The van der Waals surface area contributed by atoms with Crippen LogP contribution in [-0.2, 0) is 11.2 Å². The first kappa shape index (κ1) is 9.15. The molecule has 0 bridgehead atoms. The van der Waals surface area contributed by atoms with E-state index in [-0.39, 0.29) is 12.2 Å². The van der Waals surface area contributed by atoms with E-state index in [1.807, 2.05) is 0 Å². The average Bonchev–Trinajstić information content (AvgIpc) is 2.49. The molecule has 0 aliphatic carbocycles. The van der Waals surface area contributed by atoms with Gasteiger partial charge in [-0.1, -0.05) is 11.6 Å². The number of hydrogen-bond acceptors (Lipinski definition) is 3. The van der Waals surface area contributed by atoms with Gasteiger partial charge in [0.25, 0.3) is 0 Å². The van der Waals surface area contributed by atoms with E-state index in [9.17, 15) is 4.79 Å². The van der Waals surface area contributed by atoms with Crippen LogP contribution < -0.4 is 0 Å². The van der Waals surface area contributed by atoms with Crippen molar-refractivity contribution < 1.29 is 4.79 Å². The van der Waals surface area contributed by atoms with Gasteiger partial charge in [0.1, 0.15) is 10.9 Å². The van der Waals surface area contributed by atoms with Crippen LogP contribution in [0.5, 0.6) is 0 Å². The predicted molar refractivity (Wildman–Crippen MR) is 52.4 cm³/mol. The minimum atomic E-state index is 0.0599. The molecular formula is C9H8ClN3O. The maximum absolute atomic E-state index is 11.0. The van der Waals surface area contributed by atoms with Gasteiger partial charge < -0.3 is 0 Å². The van der Waals surface area contributed by atoms with Crippen LogP contribution >= 0.6 is 11.6 Å². The summed E-state index contributed by atoms with van der Waals surface area (Å²) in [4.78, 5) is 19.1. The van der Waals surface area contributed by atoms with Gasteiger partial charge in [0, 0.05) is 12.4 Å².